The predicted molar refractivity (Wildman–Crippen MR) is 82.0 cm³/mol. The third-order valence-corrected chi connectivity index (χ3v) is 5.11. The van der Waals surface area contributed by atoms with Crippen molar-refractivity contribution < 1.29 is 4.74 Å². The Kier molecular flexibility index (Phi) is 5.25. The molecule has 0 bridgehead atoms. The number of rotatable bonds is 6. The lowest BCUT2D eigenvalue weighted by Crippen LogP contribution is -2.37. The molecule has 0 amide bonds. The van der Waals surface area contributed by atoms with Gasteiger partial charge in [0.25, 0.3) is 0 Å². The molecule has 1 aromatic heterocycles. The van der Waals surface area contributed by atoms with Gasteiger partial charge in [-0.15, -0.1) is 0 Å². The maximum Gasteiger partial charge on any atom is 0.137 e. The van der Waals surface area contributed by atoms with Crippen LogP contribution < -0.4 is 0 Å². The average Bonchev–Trinajstić information content (AvgIpc) is 3.14. The van der Waals surface area contributed by atoms with E-state index in [2.05, 4.69) is 21.9 Å². The Morgan fingerprint density at radius 1 is 1.19 bits per heavy atom. The van der Waals surface area contributed by atoms with Gasteiger partial charge in [0.05, 0.1) is 19.3 Å². The maximum absolute atomic E-state index is 6.16. The second-order valence-corrected chi connectivity index (χ2v) is 6.62. The lowest BCUT2D eigenvalue weighted by Gasteiger charge is -2.30. The van der Waals surface area contributed by atoms with Crippen LogP contribution >= 0.6 is 0 Å². The van der Waals surface area contributed by atoms with Crippen LogP contribution in [0.5, 0.6) is 0 Å². The minimum Gasteiger partial charge on any atom is -0.377 e. The van der Waals surface area contributed by atoms with Crippen LogP contribution in [0.2, 0.25) is 0 Å². The minimum absolute atomic E-state index is 0.495. The predicted octanol–water partition coefficient (Wildman–Crippen LogP) is 2.34. The highest BCUT2D eigenvalue weighted by molar-refractivity contribution is 4.80. The van der Waals surface area contributed by atoms with E-state index in [4.69, 9.17) is 4.74 Å². The molecule has 0 radical (unpaired) electrons. The van der Waals surface area contributed by atoms with Gasteiger partial charge < -0.3 is 4.74 Å². The van der Waals surface area contributed by atoms with Crippen molar-refractivity contribution in [3.63, 3.8) is 0 Å². The van der Waals surface area contributed by atoms with Crippen LogP contribution in [-0.2, 0) is 11.3 Å². The Bertz CT molecular complexity index is 408. The summed E-state index contributed by atoms with van der Waals surface area (Å²) < 4.78 is 8.12. The van der Waals surface area contributed by atoms with E-state index in [0.29, 0.717) is 12.1 Å². The molecule has 1 saturated carbocycles. The Morgan fingerprint density at radius 3 is 2.90 bits per heavy atom. The van der Waals surface area contributed by atoms with E-state index in [-0.39, 0.29) is 0 Å². The van der Waals surface area contributed by atoms with Crippen molar-refractivity contribution in [3.8, 4) is 0 Å². The quantitative estimate of drug-likeness (QED) is 0.807. The summed E-state index contributed by atoms with van der Waals surface area (Å²) in [5.74, 6) is 0.739. The minimum atomic E-state index is 0.495. The van der Waals surface area contributed by atoms with Gasteiger partial charge in [-0.1, -0.05) is 19.8 Å². The van der Waals surface area contributed by atoms with E-state index in [1.165, 1.54) is 45.1 Å². The van der Waals surface area contributed by atoms with Crippen molar-refractivity contribution in [1.29, 1.82) is 0 Å². The number of ether oxygens (including phenoxy) is 1. The second kappa shape index (κ2) is 7.36. The van der Waals surface area contributed by atoms with Crippen LogP contribution in [0.25, 0.3) is 0 Å². The highest BCUT2D eigenvalue weighted by Crippen LogP contribution is 2.26. The van der Waals surface area contributed by atoms with E-state index in [9.17, 15) is 0 Å². The molecular formula is C16H28N4O. The van der Waals surface area contributed by atoms with Crippen LogP contribution in [0.1, 0.15) is 45.4 Å². The van der Waals surface area contributed by atoms with Crippen molar-refractivity contribution >= 4 is 0 Å². The van der Waals surface area contributed by atoms with E-state index in [1.807, 2.05) is 11.0 Å². The third kappa shape index (κ3) is 4.04. The van der Waals surface area contributed by atoms with Gasteiger partial charge in [0.2, 0.25) is 0 Å². The zero-order chi connectivity index (χ0) is 14.5. The summed E-state index contributed by atoms with van der Waals surface area (Å²) in [6, 6.07) is 0.596. The van der Waals surface area contributed by atoms with Crippen molar-refractivity contribution in [2.24, 2.45) is 5.92 Å². The molecule has 3 rings (SSSR count). The maximum atomic E-state index is 6.16. The molecule has 1 aromatic rings. The second-order valence-electron chi connectivity index (χ2n) is 6.62. The molecule has 1 aliphatic carbocycles. The fourth-order valence-electron chi connectivity index (χ4n) is 3.79. The van der Waals surface area contributed by atoms with Crippen molar-refractivity contribution in [2.45, 2.75) is 64.1 Å². The molecule has 1 saturated heterocycles. The molecule has 21 heavy (non-hydrogen) atoms. The van der Waals surface area contributed by atoms with Gasteiger partial charge in [-0.25, -0.2) is 4.98 Å². The SMILES string of the molecule is C[C@@H]1CCCC[C@@H]1OCCN1CCC[C@@H]1Cn1cncn1. The topological polar surface area (TPSA) is 43.2 Å². The van der Waals surface area contributed by atoms with E-state index in [0.717, 1.165) is 25.6 Å². The first kappa shape index (κ1) is 15.0. The van der Waals surface area contributed by atoms with Gasteiger partial charge in [-0.05, 0) is 38.1 Å². The van der Waals surface area contributed by atoms with Gasteiger partial charge in [0.15, 0.2) is 0 Å². The highest BCUT2D eigenvalue weighted by atomic mass is 16.5. The summed E-state index contributed by atoms with van der Waals surface area (Å²) in [5, 5.41) is 4.23. The normalized spacial score (nSPS) is 30.8. The smallest absolute Gasteiger partial charge is 0.137 e. The first-order valence-corrected chi connectivity index (χ1v) is 8.51. The first-order valence-electron chi connectivity index (χ1n) is 8.51. The van der Waals surface area contributed by atoms with Crippen molar-refractivity contribution in [2.75, 3.05) is 19.7 Å². The molecule has 0 N–H and O–H groups in total. The van der Waals surface area contributed by atoms with Crippen LogP contribution in [0, 0.1) is 5.92 Å². The number of likely N-dealkylation sites (tertiary alicyclic amines) is 1. The third-order valence-electron chi connectivity index (χ3n) is 5.11. The van der Waals surface area contributed by atoms with E-state index >= 15 is 0 Å². The number of nitrogens with zero attached hydrogens (tertiary/aromatic N) is 4. The molecule has 0 aromatic carbocycles. The molecule has 5 nitrogen and oxygen atoms in total. The molecule has 2 fully saturated rings. The fourth-order valence-corrected chi connectivity index (χ4v) is 3.79. The summed E-state index contributed by atoms with van der Waals surface area (Å²) in [5.41, 5.74) is 0. The Hall–Kier alpha value is -0.940. The summed E-state index contributed by atoms with van der Waals surface area (Å²) >= 11 is 0. The zero-order valence-corrected chi connectivity index (χ0v) is 13.2. The molecule has 118 valence electrons. The molecule has 3 atom stereocenters. The molecule has 2 heterocycles. The van der Waals surface area contributed by atoms with Crippen molar-refractivity contribution in [1.82, 2.24) is 19.7 Å². The Balaban J connectivity index is 1.41. The monoisotopic (exact) mass is 292 g/mol. The summed E-state index contributed by atoms with van der Waals surface area (Å²) in [4.78, 5) is 6.59. The largest absolute Gasteiger partial charge is 0.377 e. The van der Waals surface area contributed by atoms with Gasteiger partial charge in [0.1, 0.15) is 12.7 Å². The van der Waals surface area contributed by atoms with Gasteiger partial charge in [0, 0.05) is 12.6 Å². The summed E-state index contributed by atoms with van der Waals surface area (Å²) in [7, 11) is 0. The lowest BCUT2D eigenvalue weighted by atomic mass is 9.88. The fraction of sp³-hybridized carbons (Fsp3) is 0.875. The highest BCUT2D eigenvalue weighted by Gasteiger charge is 2.26. The Labute approximate surface area is 127 Å². The van der Waals surface area contributed by atoms with Gasteiger partial charge in [-0.3, -0.25) is 9.58 Å². The zero-order valence-electron chi connectivity index (χ0n) is 13.2. The molecule has 0 spiro atoms. The van der Waals surface area contributed by atoms with Gasteiger partial charge >= 0.3 is 0 Å². The molecule has 2 aliphatic rings. The Morgan fingerprint density at radius 2 is 2.10 bits per heavy atom. The summed E-state index contributed by atoms with van der Waals surface area (Å²) in [6.07, 6.45) is 11.8. The lowest BCUT2D eigenvalue weighted by molar-refractivity contribution is -0.0155. The number of aromatic nitrogens is 3. The number of hydrogen-bond donors (Lipinski definition) is 0. The molecule has 0 unspecified atom stereocenters. The molecular weight excluding hydrogens is 264 g/mol. The molecule has 5 heteroatoms. The first-order chi connectivity index (χ1) is 10.3. The average molecular weight is 292 g/mol. The van der Waals surface area contributed by atoms with Crippen molar-refractivity contribution in [3.05, 3.63) is 12.7 Å². The van der Waals surface area contributed by atoms with Crippen LogP contribution in [0.4, 0.5) is 0 Å². The standard InChI is InChI=1S/C16H28N4O/c1-14-5-2-3-7-16(14)21-10-9-19-8-4-6-15(19)11-20-13-17-12-18-20/h12-16H,2-11H2,1H3/t14-,15-,16+/m1/s1. The van der Waals surface area contributed by atoms with Crippen LogP contribution in [0.15, 0.2) is 12.7 Å². The molecule has 1 aliphatic heterocycles. The van der Waals surface area contributed by atoms with Gasteiger partial charge in [-0.2, -0.15) is 5.10 Å². The van der Waals surface area contributed by atoms with Crippen LogP contribution in [-0.4, -0.2) is 51.5 Å². The van der Waals surface area contributed by atoms with E-state index in [1.54, 1.807) is 6.33 Å². The van der Waals surface area contributed by atoms with E-state index < -0.39 is 0 Å². The summed E-state index contributed by atoms with van der Waals surface area (Å²) in [6.45, 7) is 6.43. The van der Waals surface area contributed by atoms with Crippen LogP contribution in [0.3, 0.4) is 0 Å². The number of hydrogen-bond acceptors (Lipinski definition) is 4.